The topological polar surface area (TPSA) is 0 Å². The monoisotopic (exact) mass is 462 g/mol. The third-order valence-corrected chi connectivity index (χ3v) is 9.14. The minimum absolute atomic E-state index is 0.000455. The van der Waals surface area contributed by atoms with Crippen LogP contribution in [-0.4, -0.2) is 0 Å². The zero-order valence-electron chi connectivity index (χ0n) is 22.0. The summed E-state index contributed by atoms with van der Waals surface area (Å²) in [7, 11) is 0. The molecule has 2 aliphatic rings. The SMILES string of the molecule is CCCC1CCC(c2ccc([C@H](C)Cc3ccc(C4CCC(CCC)CC4)cc3F)cc2)CC1. The molecule has 1 heteroatoms. The fraction of sp³-hybridized carbons (Fsp3) is 0.636. The molecule has 0 amide bonds. The molecule has 0 saturated heterocycles. The second kappa shape index (κ2) is 12.4. The van der Waals surface area contributed by atoms with Crippen LogP contribution in [0.25, 0.3) is 0 Å². The van der Waals surface area contributed by atoms with E-state index in [0.717, 1.165) is 29.7 Å². The summed E-state index contributed by atoms with van der Waals surface area (Å²) in [6.45, 7) is 6.84. The fourth-order valence-electron chi connectivity index (χ4n) is 6.91. The van der Waals surface area contributed by atoms with Gasteiger partial charge in [0.05, 0.1) is 0 Å². The minimum Gasteiger partial charge on any atom is -0.207 e. The van der Waals surface area contributed by atoms with Crippen LogP contribution < -0.4 is 0 Å². The average Bonchev–Trinajstić information content (AvgIpc) is 2.87. The first-order valence-electron chi connectivity index (χ1n) is 14.5. The van der Waals surface area contributed by atoms with Crippen molar-refractivity contribution in [2.24, 2.45) is 11.8 Å². The Kier molecular flexibility index (Phi) is 9.26. The average molecular weight is 463 g/mol. The minimum atomic E-state index is 0.000455. The normalized spacial score (nSPS) is 26.4. The standard InChI is InChI=1S/C33H47F/c1-4-6-25-8-12-28(13-9-25)29-18-16-27(17-19-29)24(3)22-32-21-20-31(23-33(32)34)30-14-10-26(7-5-2)11-15-30/h16-21,23-26,28,30H,4-15,22H2,1-3H3/t24-,25?,26?,28?,30?/m1/s1. The van der Waals surface area contributed by atoms with Crippen LogP contribution in [0.1, 0.15) is 138 Å². The van der Waals surface area contributed by atoms with Gasteiger partial charge >= 0.3 is 0 Å². The van der Waals surface area contributed by atoms with E-state index < -0.39 is 0 Å². The van der Waals surface area contributed by atoms with Crippen molar-refractivity contribution < 1.29 is 4.39 Å². The maximum Gasteiger partial charge on any atom is 0.126 e. The zero-order chi connectivity index (χ0) is 23.9. The van der Waals surface area contributed by atoms with E-state index in [4.69, 9.17) is 0 Å². The van der Waals surface area contributed by atoms with Crippen molar-refractivity contribution in [3.05, 3.63) is 70.5 Å². The molecular weight excluding hydrogens is 415 g/mol. The van der Waals surface area contributed by atoms with Crippen LogP contribution in [0.2, 0.25) is 0 Å². The Labute approximate surface area is 208 Å². The van der Waals surface area contributed by atoms with Gasteiger partial charge in [0, 0.05) is 0 Å². The first-order valence-corrected chi connectivity index (χ1v) is 14.5. The van der Waals surface area contributed by atoms with Crippen molar-refractivity contribution >= 4 is 0 Å². The molecule has 186 valence electrons. The molecule has 2 aromatic carbocycles. The maximum absolute atomic E-state index is 15.1. The van der Waals surface area contributed by atoms with Crippen molar-refractivity contribution in [2.45, 2.75) is 122 Å². The van der Waals surface area contributed by atoms with E-state index >= 15 is 4.39 Å². The third kappa shape index (κ3) is 6.52. The first kappa shape index (κ1) is 25.5. The summed E-state index contributed by atoms with van der Waals surface area (Å²) in [4.78, 5) is 0. The van der Waals surface area contributed by atoms with Crippen LogP contribution in [0.5, 0.6) is 0 Å². The van der Waals surface area contributed by atoms with Gasteiger partial charge in [0.1, 0.15) is 5.82 Å². The summed E-state index contributed by atoms with van der Waals surface area (Å²) >= 11 is 0. The molecule has 0 heterocycles. The van der Waals surface area contributed by atoms with Crippen molar-refractivity contribution in [1.82, 2.24) is 0 Å². The van der Waals surface area contributed by atoms with Gasteiger partial charge in [-0.1, -0.05) is 82.9 Å². The van der Waals surface area contributed by atoms with Gasteiger partial charge in [0.2, 0.25) is 0 Å². The molecule has 0 bridgehead atoms. The van der Waals surface area contributed by atoms with Gasteiger partial charge in [-0.05, 0) is 116 Å². The van der Waals surface area contributed by atoms with E-state index in [1.807, 2.05) is 6.07 Å². The summed E-state index contributed by atoms with van der Waals surface area (Å²) in [6, 6.07) is 15.5. The molecular formula is C33H47F. The van der Waals surface area contributed by atoms with Crippen LogP contribution >= 0.6 is 0 Å². The molecule has 2 aliphatic carbocycles. The second-order valence-corrected chi connectivity index (χ2v) is 11.6. The largest absolute Gasteiger partial charge is 0.207 e. The number of rotatable bonds is 9. The Morgan fingerprint density at radius 2 is 1.21 bits per heavy atom. The fourth-order valence-corrected chi connectivity index (χ4v) is 6.91. The van der Waals surface area contributed by atoms with Crippen molar-refractivity contribution in [1.29, 1.82) is 0 Å². The van der Waals surface area contributed by atoms with E-state index in [1.165, 1.54) is 93.7 Å². The van der Waals surface area contributed by atoms with Crippen LogP contribution in [0, 0.1) is 17.7 Å². The summed E-state index contributed by atoms with van der Waals surface area (Å²) in [5.41, 5.74) is 4.94. The molecule has 1 atom stereocenters. The van der Waals surface area contributed by atoms with Gasteiger partial charge in [-0.2, -0.15) is 0 Å². The lowest BCUT2D eigenvalue weighted by Gasteiger charge is -2.29. The van der Waals surface area contributed by atoms with E-state index in [1.54, 1.807) is 0 Å². The molecule has 0 spiro atoms. The van der Waals surface area contributed by atoms with Gasteiger partial charge in [0.15, 0.2) is 0 Å². The predicted molar refractivity (Wildman–Crippen MR) is 144 cm³/mol. The van der Waals surface area contributed by atoms with Gasteiger partial charge in [-0.25, -0.2) is 4.39 Å². The lowest BCUT2D eigenvalue weighted by Crippen LogP contribution is -2.13. The van der Waals surface area contributed by atoms with Crippen LogP contribution in [0.3, 0.4) is 0 Å². The Bertz CT molecular complexity index is 866. The Morgan fingerprint density at radius 1 is 0.706 bits per heavy atom. The second-order valence-electron chi connectivity index (χ2n) is 11.6. The van der Waals surface area contributed by atoms with E-state index in [-0.39, 0.29) is 5.82 Å². The van der Waals surface area contributed by atoms with Crippen LogP contribution in [0.4, 0.5) is 4.39 Å². The lowest BCUT2D eigenvalue weighted by atomic mass is 9.77. The molecule has 34 heavy (non-hydrogen) atoms. The lowest BCUT2D eigenvalue weighted by molar-refractivity contribution is 0.308. The Balaban J connectivity index is 1.31. The first-order chi connectivity index (χ1) is 16.6. The Morgan fingerprint density at radius 3 is 1.71 bits per heavy atom. The molecule has 2 fully saturated rings. The van der Waals surface area contributed by atoms with Crippen molar-refractivity contribution in [2.75, 3.05) is 0 Å². The number of benzene rings is 2. The highest BCUT2D eigenvalue weighted by Gasteiger charge is 2.24. The zero-order valence-corrected chi connectivity index (χ0v) is 22.0. The summed E-state index contributed by atoms with van der Waals surface area (Å²) in [5.74, 6) is 3.48. The summed E-state index contributed by atoms with van der Waals surface area (Å²) < 4.78 is 15.1. The van der Waals surface area contributed by atoms with E-state index in [0.29, 0.717) is 11.8 Å². The highest BCUT2D eigenvalue weighted by Crippen LogP contribution is 2.39. The molecule has 2 saturated carbocycles. The molecule has 0 nitrogen and oxygen atoms in total. The quantitative estimate of drug-likeness (QED) is 0.347. The third-order valence-electron chi connectivity index (χ3n) is 9.14. The predicted octanol–water partition coefficient (Wildman–Crippen LogP) is 10.3. The number of hydrogen-bond donors (Lipinski definition) is 0. The molecule has 2 aromatic rings. The van der Waals surface area contributed by atoms with Gasteiger partial charge in [0.25, 0.3) is 0 Å². The summed E-state index contributed by atoms with van der Waals surface area (Å²) in [6.07, 6.45) is 16.7. The maximum atomic E-state index is 15.1. The van der Waals surface area contributed by atoms with E-state index in [9.17, 15) is 0 Å². The number of hydrogen-bond acceptors (Lipinski definition) is 0. The molecule has 0 N–H and O–H groups in total. The van der Waals surface area contributed by atoms with Crippen molar-refractivity contribution in [3.63, 3.8) is 0 Å². The van der Waals surface area contributed by atoms with Crippen molar-refractivity contribution in [3.8, 4) is 0 Å². The smallest absolute Gasteiger partial charge is 0.126 e. The van der Waals surface area contributed by atoms with Crippen LogP contribution in [0.15, 0.2) is 42.5 Å². The van der Waals surface area contributed by atoms with Crippen LogP contribution in [-0.2, 0) is 6.42 Å². The molecule has 0 aromatic heterocycles. The van der Waals surface area contributed by atoms with E-state index in [2.05, 4.69) is 57.2 Å². The highest BCUT2D eigenvalue weighted by molar-refractivity contribution is 5.32. The van der Waals surface area contributed by atoms with Gasteiger partial charge in [-0.3, -0.25) is 0 Å². The van der Waals surface area contributed by atoms with Gasteiger partial charge in [-0.15, -0.1) is 0 Å². The highest BCUT2D eigenvalue weighted by atomic mass is 19.1. The summed E-state index contributed by atoms with van der Waals surface area (Å²) in [5, 5.41) is 0. The molecule has 0 radical (unpaired) electrons. The van der Waals surface area contributed by atoms with Gasteiger partial charge < -0.3 is 0 Å². The number of halogens is 1. The Hall–Kier alpha value is -1.63. The molecule has 0 aliphatic heterocycles. The molecule has 4 rings (SSSR count). The molecule has 0 unspecified atom stereocenters.